The normalized spacial score (nSPS) is 13.3. The van der Waals surface area contributed by atoms with Crippen LogP contribution in [0.2, 0.25) is 0 Å². The molecule has 0 aliphatic carbocycles. The summed E-state index contributed by atoms with van der Waals surface area (Å²) in [4.78, 5) is 63.3. The third-order valence-corrected chi connectivity index (χ3v) is 8.51. The number of H-pyrrole nitrogens is 1. The van der Waals surface area contributed by atoms with Gasteiger partial charge in [-0.3, -0.25) is 19.2 Å². The number of rotatable bonds is 13. The van der Waals surface area contributed by atoms with Crippen LogP contribution in [0.4, 0.5) is 11.4 Å². The highest BCUT2D eigenvalue weighted by Gasteiger charge is 2.22. The number of methoxy groups -OCH3 is 1. The molecule has 3 aromatic carbocycles. The minimum Gasteiger partial charge on any atom is -0.495 e. The SMILES string of the molecule is COc1cc(C(=O)N(C)c2ccc(C)cc2OCCCCCC(=O)N2CCN(C)CC2)ccc1NC(=O)c1cccc2[nH]c(C=O)nc12. The number of piperazine rings is 1. The first-order valence-electron chi connectivity index (χ1n) is 16.1. The topological polar surface area (TPSA) is 137 Å². The number of benzene rings is 3. The van der Waals surface area contributed by atoms with Crippen molar-refractivity contribution in [2.24, 2.45) is 0 Å². The quantitative estimate of drug-likeness (QED) is 0.153. The number of imidazole rings is 1. The highest BCUT2D eigenvalue weighted by Crippen LogP contribution is 2.32. The van der Waals surface area contributed by atoms with E-state index in [1.54, 1.807) is 43.4 Å². The number of unbranched alkanes of at least 4 members (excludes halogenated alkanes) is 2. The van der Waals surface area contributed by atoms with Crippen LogP contribution in [0, 0.1) is 6.92 Å². The van der Waals surface area contributed by atoms with Gasteiger partial charge in [0.05, 0.1) is 36.2 Å². The Bertz CT molecular complexity index is 1800. The second-order valence-electron chi connectivity index (χ2n) is 12.0. The molecular formula is C36H42N6O6. The number of amides is 3. The summed E-state index contributed by atoms with van der Waals surface area (Å²) in [6.07, 6.45) is 3.61. The number of aromatic nitrogens is 2. The fourth-order valence-electron chi connectivity index (χ4n) is 5.68. The molecule has 48 heavy (non-hydrogen) atoms. The van der Waals surface area contributed by atoms with Gasteiger partial charge >= 0.3 is 0 Å². The number of carbonyl (C=O) groups excluding carboxylic acids is 4. The summed E-state index contributed by atoms with van der Waals surface area (Å²) in [5, 5.41) is 2.83. The van der Waals surface area contributed by atoms with E-state index in [0.29, 0.717) is 58.8 Å². The number of anilines is 2. The molecule has 12 nitrogen and oxygen atoms in total. The number of nitrogens with one attached hydrogen (secondary N) is 2. The first-order chi connectivity index (χ1) is 23.2. The van der Waals surface area contributed by atoms with E-state index in [9.17, 15) is 19.2 Å². The molecule has 252 valence electrons. The summed E-state index contributed by atoms with van der Waals surface area (Å²) < 4.78 is 11.7. The lowest BCUT2D eigenvalue weighted by Gasteiger charge is -2.32. The minimum atomic E-state index is -0.442. The number of hydrogen-bond donors (Lipinski definition) is 2. The van der Waals surface area contributed by atoms with Crippen molar-refractivity contribution in [1.82, 2.24) is 19.8 Å². The third kappa shape index (κ3) is 8.00. The van der Waals surface area contributed by atoms with Gasteiger partial charge in [-0.15, -0.1) is 0 Å². The van der Waals surface area contributed by atoms with E-state index in [0.717, 1.165) is 51.0 Å². The van der Waals surface area contributed by atoms with Gasteiger partial charge in [-0.2, -0.15) is 0 Å². The summed E-state index contributed by atoms with van der Waals surface area (Å²) in [6.45, 7) is 5.86. The van der Waals surface area contributed by atoms with Crippen LogP contribution in [0.5, 0.6) is 11.5 Å². The van der Waals surface area contributed by atoms with Crippen molar-refractivity contribution in [3.8, 4) is 11.5 Å². The van der Waals surface area contributed by atoms with Gasteiger partial charge in [0.25, 0.3) is 11.8 Å². The zero-order valence-electron chi connectivity index (χ0n) is 27.9. The monoisotopic (exact) mass is 654 g/mol. The number of aryl methyl sites for hydroxylation is 1. The summed E-state index contributed by atoms with van der Waals surface area (Å²) >= 11 is 0. The molecule has 5 rings (SSSR count). The van der Waals surface area contributed by atoms with Gasteiger partial charge in [-0.1, -0.05) is 12.1 Å². The number of likely N-dealkylation sites (N-methyl/N-ethyl adjacent to an activating group) is 1. The van der Waals surface area contributed by atoms with Crippen LogP contribution in [0.1, 0.15) is 62.6 Å². The zero-order valence-corrected chi connectivity index (χ0v) is 27.9. The summed E-state index contributed by atoms with van der Waals surface area (Å²) in [7, 11) is 5.22. The molecule has 1 aliphatic rings. The van der Waals surface area contributed by atoms with Crippen molar-refractivity contribution in [1.29, 1.82) is 0 Å². The molecule has 0 bridgehead atoms. The Morgan fingerprint density at radius 3 is 2.54 bits per heavy atom. The van der Waals surface area contributed by atoms with E-state index in [1.807, 2.05) is 30.0 Å². The first kappa shape index (κ1) is 34.1. The van der Waals surface area contributed by atoms with Gasteiger partial charge in [-0.05, 0) is 81.3 Å². The van der Waals surface area contributed by atoms with Crippen molar-refractivity contribution in [3.05, 3.63) is 77.1 Å². The van der Waals surface area contributed by atoms with Crippen molar-refractivity contribution in [2.75, 3.05) is 64.2 Å². The number of aldehydes is 1. The smallest absolute Gasteiger partial charge is 0.258 e. The first-order valence-corrected chi connectivity index (χ1v) is 16.1. The van der Waals surface area contributed by atoms with Crippen LogP contribution in [0.15, 0.2) is 54.6 Å². The number of aromatic amines is 1. The second-order valence-corrected chi connectivity index (χ2v) is 12.0. The highest BCUT2D eigenvalue weighted by atomic mass is 16.5. The molecule has 12 heteroatoms. The minimum absolute atomic E-state index is 0.127. The molecule has 1 aromatic heterocycles. The number of nitrogens with zero attached hydrogens (tertiary/aromatic N) is 4. The molecule has 0 atom stereocenters. The Kier molecular flexibility index (Phi) is 11.1. The molecule has 1 fully saturated rings. The van der Waals surface area contributed by atoms with E-state index in [1.165, 1.54) is 12.0 Å². The fraction of sp³-hybridized carbons (Fsp3) is 0.361. The van der Waals surface area contributed by atoms with Gasteiger partial charge in [0.2, 0.25) is 5.91 Å². The largest absolute Gasteiger partial charge is 0.495 e. The summed E-state index contributed by atoms with van der Waals surface area (Å²) in [5.41, 5.74) is 3.56. The van der Waals surface area contributed by atoms with Crippen molar-refractivity contribution < 1.29 is 28.7 Å². The zero-order chi connectivity index (χ0) is 34.2. The lowest BCUT2D eigenvalue weighted by molar-refractivity contribution is -0.132. The molecule has 0 unspecified atom stereocenters. The maximum absolute atomic E-state index is 13.7. The molecule has 1 aliphatic heterocycles. The number of ether oxygens (including phenoxy) is 2. The van der Waals surface area contributed by atoms with E-state index >= 15 is 0 Å². The number of hydrogen-bond acceptors (Lipinski definition) is 8. The summed E-state index contributed by atoms with van der Waals surface area (Å²) in [5.74, 6) is 0.518. The van der Waals surface area contributed by atoms with Gasteiger partial charge in [0.15, 0.2) is 12.1 Å². The molecule has 1 saturated heterocycles. The predicted octanol–water partition coefficient (Wildman–Crippen LogP) is 4.93. The number of para-hydroxylation sites is 1. The van der Waals surface area contributed by atoms with Gasteiger partial charge in [0, 0.05) is 45.2 Å². The number of carbonyl (C=O) groups is 4. The Balaban J connectivity index is 1.19. The van der Waals surface area contributed by atoms with Crippen LogP contribution in [0.25, 0.3) is 11.0 Å². The third-order valence-electron chi connectivity index (χ3n) is 8.51. The van der Waals surface area contributed by atoms with Crippen molar-refractivity contribution in [2.45, 2.75) is 32.6 Å². The number of fused-ring (bicyclic) bond motifs is 1. The van der Waals surface area contributed by atoms with Crippen LogP contribution < -0.4 is 19.7 Å². The van der Waals surface area contributed by atoms with E-state index in [2.05, 4.69) is 27.2 Å². The van der Waals surface area contributed by atoms with Crippen LogP contribution in [-0.2, 0) is 4.79 Å². The van der Waals surface area contributed by atoms with Gasteiger partial charge < -0.3 is 34.5 Å². The summed E-state index contributed by atoms with van der Waals surface area (Å²) in [6, 6.07) is 15.5. The van der Waals surface area contributed by atoms with Crippen molar-refractivity contribution >= 4 is 46.4 Å². The average molecular weight is 655 g/mol. The molecule has 4 aromatic rings. The maximum Gasteiger partial charge on any atom is 0.258 e. The Morgan fingerprint density at radius 2 is 1.79 bits per heavy atom. The van der Waals surface area contributed by atoms with Gasteiger partial charge in [-0.25, -0.2) is 4.98 Å². The highest BCUT2D eigenvalue weighted by molar-refractivity contribution is 6.13. The van der Waals surface area contributed by atoms with E-state index in [4.69, 9.17) is 9.47 Å². The van der Waals surface area contributed by atoms with Gasteiger partial charge in [0.1, 0.15) is 17.0 Å². The standard InChI is InChI=1S/C36H42N6O6/c1-24-12-15-29(31(21-24)48-20-7-5-6-11-33(44)42-18-16-40(2)17-19-42)41(3)36(46)25-13-14-27(30(22-25)47-4)38-35(45)26-9-8-10-28-34(26)39-32(23-43)37-28/h8-10,12-15,21-23H,5-7,11,16-20H2,1-4H3,(H,37,39)(H,38,45). The molecular weight excluding hydrogens is 612 g/mol. The maximum atomic E-state index is 13.7. The van der Waals surface area contributed by atoms with Crippen LogP contribution >= 0.6 is 0 Å². The predicted molar refractivity (Wildman–Crippen MR) is 184 cm³/mol. The molecule has 2 N–H and O–H groups in total. The molecule has 0 saturated carbocycles. The van der Waals surface area contributed by atoms with E-state index in [-0.39, 0.29) is 23.2 Å². The fourth-order valence-corrected chi connectivity index (χ4v) is 5.68. The lowest BCUT2D eigenvalue weighted by Crippen LogP contribution is -2.47. The van der Waals surface area contributed by atoms with Crippen LogP contribution in [-0.4, -0.2) is 97.8 Å². The molecule has 0 radical (unpaired) electrons. The molecule has 2 heterocycles. The lowest BCUT2D eigenvalue weighted by atomic mass is 10.1. The van der Waals surface area contributed by atoms with Crippen LogP contribution in [0.3, 0.4) is 0 Å². The average Bonchev–Trinajstić information content (AvgIpc) is 3.53. The Morgan fingerprint density at radius 1 is 1.00 bits per heavy atom. The molecule has 3 amide bonds. The Labute approximate surface area is 280 Å². The van der Waals surface area contributed by atoms with E-state index < -0.39 is 5.91 Å². The second kappa shape index (κ2) is 15.6. The Hall–Kier alpha value is -5.23. The molecule has 0 spiro atoms. The van der Waals surface area contributed by atoms with Crippen molar-refractivity contribution in [3.63, 3.8) is 0 Å².